The van der Waals surface area contributed by atoms with Crippen molar-refractivity contribution in [2.45, 2.75) is 104 Å². The molecule has 3 aromatic rings. The summed E-state index contributed by atoms with van der Waals surface area (Å²) < 4.78 is 5.92. The minimum absolute atomic E-state index is 0.535. The normalized spacial score (nSPS) is 12.1. The van der Waals surface area contributed by atoms with Crippen molar-refractivity contribution in [3.05, 3.63) is 72.1 Å². The van der Waals surface area contributed by atoms with Gasteiger partial charge < -0.3 is 4.74 Å². The van der Waals surface area contributed by atoms with Crippen LogP contribution in [0, 0.1) is 5.92 Å². The van der Waals surface area contributed by atoms with E-state index in [1.807, 2.05) is 12.4 Å². The highest BCUT2D eigenvalue weighted by Gasteiger charge is 2.07. The van der Waals surface area contributed by atoms with Gasteiger partial charge in [-0.1, -0.05) is 127 Å². The summed E-state index contributed by atoms with van der Waals surface area (Å²) in [5.74, 6) is 1.34. The summed E-state index contributed by atoms with van der Waals surface area (Å²) in [5, 5.41) is 0. The maximum absolute atomic E-state index is 5.92. The van der Waals surface area contributed by atoms with Crippen LogP contribution in [0.25, 0.3) is 22.5 Å². The fourth-order valence-electron chi connectivity index (χ4n) is 4.94. The van der Waals surface area contributed by atoms with Crippen LogP contribution in [0.1, 0.15) is 103 Å². The van der Waals surface area contributed by atoms with Crippen molar-refractivity contribution >= 4 is 0 Å². The van der Waals surface area contributed by atoms with Crippen molar-refractivity contribution < 1.29 is 4.74 Å². The molecule has 1 unspecified atom stereocenters. The SMILES string of the molecule is CCCCCCCCc1cnc(-c2ccc(-c3ccc(CC(C)COCCCCCCC)cc3)cc2)nc1. The van der Waals surface area contributed by atoms with Crippen molar-refractivity contribution in [2.75, 3.05) is 13.2 Å². The first-order valence-corrected chi connectivity index (χ1v) is 15.3. The Hall–Kier alpha value is -2.52. The number of benzene rings is 2. The number of aryl methyl sites for hydroxylation is 1. The first kappa shape index (κ1) is 30.0. The van der Waals surface area contributed by atoms with Crippen LogP contribution in [-0.4, -0.2) is 23.2 Å². The van der Waals surface area contributed by atoms with Gasteiger partial charge in [0.15, 0.2) is 5.82 Å². The van der Waals surface area contributed by atoms with Gasteiger partial charge in [0.1, 0.15) is 0 Å². The van der Waals surface area contributed by atoms with Crippen molar-refractivity contribution in [3.63, 3.8) is 0 Å². The molecule has 0 aliphatic carbocycles. The van der Waals surface area contributed by atoms with Crippen LogP contribution in [0.5, 0.6) is 0 Å². The van der Waals surface area contributed by atoms with Crippen LogP contribution < -0.4 is 0 Å². The zero-order valence-corrected chi connectivity index (χ0v) is 24.3. The molecule has 3 heteroatoms. The summed E-state index contributed by atoms with van der Waals surface area (Å²) in [6, 6.07) is 17.6. The van der Waals surface area contributed by atoms with Gasteiger partial charge in [-0.05, 0) is 53.9 Å². The first-order valence-electron chi connectivity index (χ1n) is 15.3. The maximum atomic E-state index is 5.92. The Labute approximate surface area is 232 Å². The lowest BCUT2D eigenvalue weighted by Gasteiger charge is -2.13. The predicted octanol–water partition coefficient (Wildman–Crippen LogP) is 9.88. The fraction of sp³-hybridized carbons (Fsp3) is 0.543. The van der Waals surface area contributed by atoms with Gasteiger partial charge in [-0.3, -0.25) is 0 Å². The van der Waals surface area contributed by atoms with Gasteiger partial charge in [-0.15, -0.1) is 0 Å². The molecular weight excluding hydrogens is 464 g/mol. The quantitative estimate of drug-likeness (QED) is 0.149. The van der Waals surface area contributed by atoms with Crippen LogP contribution >= 0.6 is 0 Å². The number of hydrogen-bond acceptors (Lipinski definition) is 3. The van der Waals surface area contributed by atoms with E-state index >= 15 is 0 Å². The number of ether oxygens (including phenoxy) is 1. The molecule has 2 aromatic carbocycles. The lowest BCUT2D eigenvalue weighted by Crippen LogP contribution is -2.09. The Morgan fingerprint density at radius 3 is 1.76 bits per heavy atom. The standard InChI is InChI=1S/C35H50N2O/c1-4-6-8-10-11-13-15-31-26-36-35(37-27-31)34-22-20-33(21-23-34)32-18-16-30(17-19-32)25-29(3)28-38-24-14-12-9-7-5-2/h16-23,26-27,29H,4-15,24-25,28H2,1-3H3. The summed E-state index contributed by atoms with van der Waals surface area (Å²) in [6.07, 6.45) is 20.5. The number of nitrogens with zero attached hydrogens (tertiary/aromatic N) is 2. The summed E-state index contributed by atoms with van der Waals surface area (Å²) in [6.45, 7) is 8.55. The highest BCUT2D eigenvalue weighted by atomic mass is 16.5. The number of rotatable bonds is 19. The Bertz CT molecular complexity index is 996. The molecule has 0 saturated carbocycles. The second-order valence-electron chi connectivity index (χ2n) is 11.0. The number of hydrogen-bond donors (Lipinski definition) is 0. The smallest absolute Gasteiger partial charge is 0.159 e. The Morgan fingerprint density at radius 1 is 0.605 bits per heavy atom. The molecule has 3 nitrogen and oxygen atoms in total. The van der Waals surface area contributed by atoms with Crippen molar-refractivity contribution in [1.82, 2.24) is 9.97 Å². The monoisotopic (exact) mass is 514 g/mol. The number of aromatic nitrogens is 2. The fourth-order valence-corrected chi connectivity index (χ4v) is 4.94. The molecule has 0 aliphatic heterocycles. The largest absolute Gasteiger partial charge is 0.381 e. The summed E-state index contributed by atoms with van der Waals surface area (Å²) in [4.78, 5) is 9.28. The van der Waals surface area contributed by atoms with Gasteiger partial charge in [0.2, 0.25) is 0 Å². The molecule has 0 amide bonds. The molecule has 0 fully saturated rings. The molecule has 0 spiro atoms. The van der Waals surface area contributed by atoms with E-state index in [1.54, 1.807) is 0 Å². The van der Waals surface area contributed by atoms with Crippen LogP contribution in [0.15, 0.2) is 60.9 Å². The van der Waals surface area contributed by atoms with E-state index in [0.29, 0.717) is 5.92 Å². The van der Waals surface area contributed by atoms with Crippen molar-refractivity contribution in [3.8, 4) is 22.5 Å². The van der Waals surface area contributed by atoms with Crippen molar-refractivity contribution in [1.29, 1.82) is 0 Å². The average molecular weight is 515 g/mol. The number of unbranched alkanes of at least 4 members (excludes halogenated alkanes) is 9. The third kappa shape index (κ3) is 11.1. The van der Waals surface area contributed by atoms with Crippen molar-refractivity contribution in [2.24, 2.45) is 5.92 Å². The molecule has 0 saturated heterocycles. The molecule has 0 aliphatic rings. The lowest BCUT2D eigenvalue weighted by atomic mass is 9.98. The summed E-state index contributed by atoms with van der Waals surface area (Å²) in [7, 11) is 0. The maximum Gasteiger partial charge on any atom is 0.159 e. The lowest BCUT2D eigenvalue weighted by molar-refractivity contribution is 0.101. The molecule has 0 bridgehead atoms. The van der Waals surface area contributed by atoms with Gasteiger partial charge in [0, 0.05) is 31.2 Å². The van der Waals surface area contributed by atoms with E-state index in [1.165, 1.54) is 92.9 Å². The molecule has 0 radical (unpaired) electrons. The average Bonchev–Trinajstić information content (AvgIpc) is 2.95. The third-order valence-electron chi connectivity index (χ3n) is 7.33. The van der Waals surface area contributed by atoms with Crippen LogP contribution in [0.3, 0.4) is 0 Å². The molecule has 0 N–H and O–H groups in total. The molecule has 3 rings (SSSR count). The summed E-state index contributed by atoms with van der Waals surface area (Å²) in [5.41, 5.74) is 6.14. The second-order valence-corrected chi connectivity index (χ2v) is 11.0. The van der Waals surface area contributed by atoms with Gasteiger partial charge in [-0.2, -0.15) is 0 Å². The van der Waals surface area contributed by atoms with Gasteiger partial charge >= 0.3 is 0 Å². The minimum Gasteiger partial charge on any atom is -0.381 e. The van der Waals surface area contributed by atoms with Crippen LogP contribution in [-0.2, 0) is 17.6 Å². The topological polar surface area (TPSA) is 35.0 Å². The zero-order chi connectivity index (χ0) is 26.8. The van der Waals surface area contributed by atoms with E-state index in [2.05, 4.69) is 79.3 Å². The van der Waals surface area contributed by atoms with Crippen LogP contribution in [0.2, 0.25) is 0 Å². The molecule has 1 atom stereocenters. The first-order chi connectivity index (χ1) is 18.7. The van der Waals surface area contributed by atoms with Gasteiger partial charge in [0.05, 0.1) is 0 Å². The van der Waals surface area contributed by atoms with Gasteiger partial charge in [0.25, 0.3) is 0 Å². The Balaban J connectivity index is 1.42. The molecular formula is C35H50N2O. The highest BCUT2D eigenvalue weighted by Crippen LogP contribution is 2.24. The van der Waals surface area contributed by atoms with E-state index in [4.69, 9.17) is 4.74 Å². The predicted molar refractivity (Wildman–Crippen MR) is 162 cm³/mol. The molecule has 1 aromatic heterocycles. The molecule has 38 heavy (non-hydrogen) atoms. The van der Waals surface area contributed by atoms with Gasteiger partial charge in [-0.25, -0.2) is 9.97 Å². The zero-order valence-electron chi connectivity index (χ0n) is 24.3. The molecule has 1 heterocycles. The van der Waals surface area contributed by atoms with E-state index in [9.17, 15) is 0 Å². The summed E-state index contributed by atoms with van der Waals surface area (Å²) >= 11 is 0. The second kappa shape index (κ2) is 17.9. The van der Waals surface area contributed by atoms with E-state index in [-0.39, 0.29) is 0 Å². The Morgan fingerprint density at radius 2 is 1.13 bits per heavy atom. The highest BCUT2D eigenvalue weighted by molar-refractivity contribution is 5.67. The molecule has 206 valence electrons. The van der Waals surface area contributed by atoms with E-state index < -0.39 is 0 Å². The minimum atomic E-state index is 0.535. The third-order valence-corrected chi connectivity index (χ3v) is 7.33. The van der Waals surface area contributed by atoms with Crippen LogP contribution in [0.4, 0.5) is 0 Å². The van der Waals surface area contributed by atoms with E-state index in [0.717, 1.165) is 37.4 Å². The Kier molecular flexibility index (Phi) is 14.1.